The van der Waals surface area contributed by atoms with Crippen LogP contribution in [0, 0.1) is 13.8 Å². The van der Waals surface area contributed by atoms with E-state index in [1.807, 2.05) is 32.9 Å². The molecular weight excluding hydrogens is 348 g/mol. The summed E-state index contributed by atoms with van der Waals surface area (Å²) in [6.45, 7) is 6.19. The van der Waals surface area contributed by atoms with E-state index in [1.54, 1.807) is 30.3 Å². The molecule has 0 saturated carbocycles. The molecule has 1 amide bonds. The van der Waals surface area contributed by atoms with Crippen molar-refractivity contribution in [2.45, 2.75) is 27.2 Å². The summed E-state index contributed by atoms with van der Waals surface area (Å²) in [6.07, 6.45) is 0.778. The van der Waals surface area contributed by atoms with Gasteiger partial charge in [0.05, 0.1) is 12.2 Å². The highest BCUT2D eigenvalue weighted by Gasteiger charge is 2.11. The van der Waals surface area contributed by atoms with Gasteiger partial charge in [-0.1, -0.05) is 24.6 Å². The third-order valence-corrected chi connectivity index (χ3v) is 3.87. The lowest BCUT2D eigenvalue weighted by molar-refractivity contribution is 0.0505. The second-order valence-electron chi connectivity index (χ2n) is 5.94. The van der Waals surface area contributed by atoms with Gasteiger partial charge in [-0.25, -0.2) is 4.79 Å². The van der Waals surface area contributed by atoms with Crippen molar-refractivity contribution in [2.75, 3.05) is 11.9 Å². The molecule has 0 bridgehead atoms. The fourth-order valence-electron chi connectivity index (χ4n) is 2.37. The Bertz CT molecular complexity index is 816. The Morgan fingerprint density at radius 3 is 2.38 bits per heavy atom. The summed E-state index contributed by atoms with van der Waals surface area (Å²) in [7, 11) is 0. The predicted molar refractivity (Wildman–Crippen MR) is 107 cm³/mol. The van der Waals surface area contributed by atoms with Crippen molar-refractivity contribution in [3.8, 4) is 0 Å². The number of anilines is 1. The SMILES string of the molecule is CCCOC(=O)c1ccc(NC(=S)NC(=O)c2ccc(C)cc2C)cc1. The van der Waals surface area contributed by atoms with E-state index in [0.717, 1.165) is 17.5 Å². The Hall–Kier alpha value is -2.73. The number of hydrogen-bond acceptors (Lipinski definition) is 4. The van der Waals surface area contributed by atoms with Gasteiger partial charge in [-0.3, -0.25) is 10.1 Å². The molecule has 0 saturated heterocycles. The van der Waals surface area contributed by atoms with Gasteiger partial charge >= 0.3 is 5.97 Å². The molecule has 6 heteroatoms. The highest BCUT2D eigenvalue weighted by molar-refractivity contribution is 7.80. The Morgan fingerprint density at radius 2 is 1.77 bits per heavy atom. The second-order valence-corrected chi connectivity index (χ2v) is 6.35. The van der Waals surface area contributed by atoms with Crippen LogP contribution in [0.25, 0.3) is 0 Å². The number of esters is 1. The lowest BCUT2D eigenvalue weighted by Crippen LogP contribution is -2.34. The van der Waals surface area contributed by atoms with E-state index in [9.17, 15) is 9.59 Å². The third kappa shape index (κ3) is 5.39. The van der Waals surface area contributed by atoms with Crippen LogP contribution in [-0.4, -0.2) is 23.6 Å². The number of nitrogens with one attached hydrogen (secondary N) is 2. The number of hydrogen-bond donors (Lipinski definition) is 2. The van der Waals surface area contributed by atoms with Crippen LogP contribution in [0.1, 0.15) is 45.2 Å². The van der Waals surface area contributed by atoms with Crippen LogP contribution in [0.5, 0.6) is 0 Å². The van der Waals surface area contributed by atoms with Gasteiger partial charge in [-0.2, -0.15) is 0 Å². The minimum atomic E-state index is -0.357. The minimum absolute atomic E-state index is 0.191. The average Bonchev–Trinajstić information content (AvgIpc) is 2.60. The van der Waals surface area contributed by atoms with Crippen molar-refractivity contribution in [3.63, 3.8) is 0 Å². The molecular formula is C20H22N2O3S. The van der Waals surface area contributed by atoms with Gasteiger partial charge in [-0.05, 0) is 68.4 Å². The highest BCUT2D eigenvalue weighted by atomic mass is 32.1. The standard InChI is InChI=1S/C20H22N2O3S/c1-4-11-25-19(24)15-6-8-16(9-7-15)21-20(26)22-18(23)17-10-5-13(2)12-14(17)3/h5-10,12H,4,11H2,1-3H3,(H2,21,22,23,26). The van der Waals surface area contributed by atoms with E-state index in [2.05, 4.69) is 10.6 Å². The lowest BCUT2D eigenvalue weighted by atomic mass is 10.1. The Morgan fingerprint density at radius 1 is 1.08 bits per heavy atom. The van der Waals surface area contributed by atoms with Gasteiger partial charge < -0.3 is 10.1 Å². The van der Waals surface area contributed by atoms with Crippen LogP contribution in [0.4, 0.5) is 5.69 Å². The highest BCUT2D eigenvalue weighted by Crippen LogP contribution is 2.12. The molecule has 0 fully saturated rings. The largest absolute Gasteiger partial charge is 0.462 e. The molecule has 0 radical (unpaired) electrons. The Kier molecular flexibility index (Phi) is 6.86. The molecule has 5 nitrogen and oxygen atoms in total. The van der Waals surface area contributed by atoms with E-state index >= 15 is 0 Å². The zero-order valence-corrected chi connectivity index (χ0v) is 15.9. The number of benzene rings is 2. The molecule has 0 heterocycles. The first-order chi connectivity index (χ1) is 12.4. The molecule has 2 aromatic carbocycles. The molecule has 2 aromatic rings. The summed E-state index contributed by atoms with van der Waals surface area (Å²) in [5, 5.41) is 5.78. The molecule has 26 heavy (non-hydrogen) atoms. The molecule has 0 aromatic heterocycles. The molecule has 0 unspecified atom stereocenters. The molecule has 2 rings (SSSR count). The summed E-state index contributed by atoms with van der Waals surface area (Å²) in [6, 6.07) is 12.3. The summed E-state index contributed by atoms with van der Waals surface area (Å²) in [4.78, 5) is 24.1. The topological polar surface area (TPSA) is 67.4 Å². The van der Waals surface area contributed by atoms with Crippen LogP contribution >= 0.6 is 12.2 Å². The molecule has 0 aliphatic carbocycles. The van der Waals surface area contributed by atoms with Crippen LogP contribution in [0.2, 0.25) is 0 Å². The second kappa shape index (κ2) is 9.10. The van der Waals surface area contributed by atoms with E-state index in [0.29, 0.717) is 23.4 Å². The first-order valence-electron chi connectivity index (χ1n) is 8.37. The van der Waals surface area contributed by atoms with Crippen molar-refractivity contribution in [1.29, 1.82) is 0 Å². The number of thiocarbonyl (C=S) groups is 1. The normalized spacial score (nSPS) is 10.1. The first-order valence-corrected chi connectivity index (χ1v) is 8.78. The molecule has 136 valence electrons. The summed E-state index contributed by atoms with van der Waals surface area (Å²) >= 11 is 5.19. The number of carbonyl (C=O) groups is 2. The smallest absolute Gasteiger partial charge is 0.338 e. The van der Waals surface area contributed by atoms with Crippen molar-refractivity contribution in [2.24, 2.45) is 0 Å². The quantitative estimate of drug-likeness (QED) is 0.615. The molecule has 2 N–H and O–H groups in total. The van der Waals surface area contributed by atoms with Crippen molar-refractivity contribution < 1.29 is 14.3 Å². The Labute approximate surface area is 158 Å². The molecule has 0 aliphatic rings. The third-order valence-electron chi connectivity index (χ3n) is 3.67. The maximum atomic E-state index is 12.3. The average molecular weight is 370 g/mol. The maximum Gasteiger partial charge on any atom is 0.338 e. The summed E-state index contributed by atoms with van der Waals surface area (Å²) in [5.74, 6) is -0.621. The van der Waals surface area contributed by atoms with E-state index in [-0.39, 0.29) is 17.0 Å². The molecule has 0 atom stereocenters. The van der Waals surface area contributed by atoms with Crippen molar-refractivity contribution >= 4 is 34.9 Å². The van der Waals surface area contributed by atoms with Crippen LogP contribution in [0.3, 0.4) is 0 Å². The number of ether oxygens (including phenoxy) is 1. The van der Waals surface area contributed by atoms with Crippen molar-refractivity contribution in [3.05, 3.63) is 64.7 Å². The lowest BCUT2D eigenvalue weighted by Gasteiger charge is -2.11. The van der Waals surface area contributed by atoms with Gasteiger partial charge in [0, 0.05) is 11.3 Å². The van der Waals surface area contributed by atoms with E-state index in [4.69, 9.17) is 17.0 Å². The fraction of sp³-hybridized carbons (Fsp3) is 0.250. The number of carbonyl (C=O) groups excluding carboxylic acids is 2. The monoisotopic (exact) mass is 370 g/mol. The van der Waals surface area contributed by atoms with Crippen LogP contribution < -0.4 is 10.6 Å². The van der Waals surface area contributed by atoms with Gasteiger partial charge in [0.25, 0.3) is 5.91 Å². The predicted octanol–water partition coefficient (Wildman–Crippen LogP) is 4.00. The van der Waals surface area contributed by atoms with Gasteiger partial charge in [0.1, 0.15) is 0 Å². The zero-order valence-electron chi connectivity index (χ0n) is 15.1. The summed E-state index contributed by atoms with van der Waals surface area (Å²) < 4.78 is 5.08. The van der Waals surface area contributed by atoms with E-state index < -0.39 is 0 Å². The van der Waals surface area contributed by atoms with Gasteiger partial charge in [0.15, 0.2) is 5.11 Å². The van der Waals surface area contributed by atoms with Gasteiger partial charge in [-0.15, -0.1) is 0 Å². The van der Waals surface area contributed by atoms with E-state index in [1.165, 1.54) is 0 Å². The molecule has 0 aliphatic heterocycles. The maximum absolute atomic E-state index is 12.3. The number of amides is 1. The zero-order chi connectivity index (χ0) is 19.1. The number of rotatable bonds is 5. The van der Waals surface area contributed by atoms with Crippen LogP contribution in [0.15, 0.2) is 42.5 Å². The van der Waals surface area contributed by atoms with Gasteiger partial charge in [0.2, 0.25) is 0 Å². The summed E-state index contributed by atoms with van der Waals surface area (Å²) in [5.41, 5.74) is 3.70. The fourth-order valence-corrected chi connectivity index (χ4v) is 2.58. The Balaban J connectivity index is 1.95. The minimum Gasteiger partial charge on any atom is -0.462 e. The van der Waals surface area contributed by atoms with Crippen LogP contribution in [-0.2, 0) is 4.74 Å². The number of aryl methyl sites for hydroxylation is 2. The first kappa shape index (κ1) is 19.6. The molecule has 0 spiro atoms. The van der Waals surface area contributed by atoms with Crippen molar-refractivity contribution in [1.82, 2.24) is 5.32 Å².